The Bertz CT molecular complexity index is 501. The highest BCUT2D eigenvalue weighted by Gasteiger charge is 2.07. The zero-order chi connectivity index (χ0) is 15.8. The average Bonchev–Trinajstić information content (AvgIpc) is 2.42. The van der Waals surface area contributed by atoms with Gasteiger partial charge in [0, 0.05) is 32.7 Å². The van der Waals surface area contributed by atoms with Crippen LogP contribution in [-0.4, -0.2) is 44.1 Å². The summed E-state index contributed by atoms with van der Waals surface area (Å²) >= 11 is 0. The summed E-state index contributed by atoms with van der Waals surface area (Å²) in [5.74, 6) is 0.755. The molecule has 0 aromatic heterocycles. The fourth-order valence-electron chi connectivity index (χ4n) is 1.71. The molecule has 116 valence electrons. The number of carbonyl (C=O) groups is 2. The van der Waals surface area contributed by atoms with Crippen LogP contribution in [0.2, 0.25) is 0 Å². The van der Waals surface area contributed by atoms with E-state index in [9.17, 15) is 9.59 Å². The number of benzene rings is 1. The predicted molar refractivity (Wildman–Crippen MR) is 82.7 cm³/mol. The Morgan fingerprint density at radius 1 is 1.29 bits per heavy atom. The number of amides is 3. The highest BCUT2D eigenvalue weighted by Crippen LogP contribution is 2.21. The topological polar surface area (TPSA) is 70.7 Å². The second kappa shape index (κ2) is 8.14. The normalized spacial score (nSPS) is 9.90. The Balaban J connectivity index is 2.46. The average molecular weight is 293 g/mol. The smallest absolute Gasteiger partial charge is 0.319 e. The van der Waals surface area contributed by atoms with E-state index < -0.39 is 0 Å². The van der Waals surface area contributed by atoms with E-state index in [0.29, 0.717) is 13.2 Å². The van der Waals surface area contributed by atoms with Gasteiger partial charge in [0.05, 0.1) is 6.61 Å². The number of carbonyl (C=O) groups excluding carboxylic acids is 2. The van der Waals surface area contributed by atoms with Crippen LogP contribution >= 0.6 is 0 Å². The van der Waals surface area contributed by atoms with E-state index >= 15 is 0 Å². The monoisotopic (exact) mass is 293 g/mol. The molecule has 0 fully saturated rings. The van der Waals surface area contributed by atoms with Crippen molar-refractivity contribution < 1.29 is 14.3 Å². The molecule has 2 N–H and O–H groups in total. The molecule has 0 heterocycles. The van der Waals surface area contributed by atoms with Crippen molar-refractivity contribution in [2.75, 3.05) is 32.6 Å². The maximum atomic E-state index is 11.7. The minimum Gasteiger partial charge on any atom is -0.494 e. The molecule has 1 aromatic carbocycles. The molecule has 0 saturated heterocycles. The van der Waals surface area contributed by atoms with E-state index in [4.69, 9.17) is 4.74 Å². The number of nitrogens with zero attached hydrogens (tertiary/aromatic N) is 1. The van der Waals surface area contributed by atoms with Crippen molar-refractivity contribution in [3.05, 3.63) is 23.8 Å². The Morgan fingerprint density at radius 3 is 2.57 bits per heavy atom. The molecule has 1 rings (SSSR count). The molecule has 0 atom stereocenters. The van der Waals surface area contributed by atoms with Crippen LogP contribution in [0.1, 0.15) is 18.9 Å². The largest absolute Gasteiger partial charge is 0.494 e. The van der Waals surface area contributed by atoms with E-state index in [0.717, 1.165) is 17.0 Å². The van der Waals surface area contributed by atoms with Gasteiger partial charge in [-0.05, 0) is 37.6 Å². The Hall–Kier alpha value is -2.24. The molecule has 0 radical (unpaired) electrons. The first-order valence-corrected chi connectivity index (χ1v) is 6.92. The quantitative estimate of drug-likeness (QED) is 0.842. The second-order valence-corrected chi connectivity index (χ2v) is 4.83. The van der Waals surface area contributed by atoms with Gasteiger partial charge in [0.25, 0.3) is 0 Å². The maximum absolute atomic E-state index is 11.7. The number of hydrogen-bond acceptors (Lipinski definition) is 3. The molecule has 0 aliphatic carbocycles. The minimum atomic E-state index is -0.325. The lowest BCUT2D eigenvalue weighted by Gasteiger charge is -2.13. The lowest BCUT2D eigenvalue weighted by Crippen LogP contribution is -2.33. The van der Waals surface area contributed by atoms with Crippen LogP contribution in [0.15, 0.2) is 18.2 Å². The highest BCUT2D eigenvalue weighted by atomic mass is 16.5. The molecular weight excluding hydrogens is 270 g/mol. The summed E-state index contributed by atoms with van der Waals surface area (Å²) in [6, 6.07) is 5.15. The third kappa shape index (κ3) is 5.72. The molecular formula is C15H23N3O3. The molecule has 0 bridgehead atoms. The van der Waals surface area contributed by atoms with E-state index in [2.05, 4.69) is 10.6 Å². The fraction of sp³-hybridized carbons (Fsp3) is 0.467. The summed E-state index contributed by atoms with van der Waals surface area (Å²) in [4.78, 5) is 24.6. The van der Waals surface area contributed by atoms with E-state index in [1.807, 2.05) is 26.0 Å². The second-order valence-electron chi connectivity index (χ2n) is 4.83. The minimum absolute atomic E-state index is 0.0208. The third-order valence-electron chi connectivity index (χ3n) is 2.88. The lowest BCUT2D eigenvalue weighted by molar-refractivity contribution is -0.128. The number of anilines is 1. The van der Waals surface area contributed by atoms with Crippen LogP contribution in [0.5, 0.6) is 5.75 Å². The number of aryl methyl sites for hydroxylation is 1. The molecule has 0 aliphatic heterocycles. The first-order chi connectivity index (χ1) is 9.93. The van der Waals surface area contributed by atoms with Crippen molar-refractivity contribution >= 4 is 17.6 Å². The maximum Gasteiger partial charge on any atom is 0.319 e. The Kier molecular flexibility index (Phi) is 6.52. The van der Waals surface area contributed by atoms with Crippen molar-refractivity contribution in [3.63, 3.8) is 0 Å². The van der Waals surface area contributed by atoms with E-state index in [1.165, 1.54) is 4.90 Å². The van der Waals surface area contributed by atoms with Gasteiger partial charge in [-0.3, -0.25) is 4.79 Å². The number of urea groups is 1. The zero-order valence-corrected chi connectivity index (χ0v) is 13.0. The van der Waals surface area contributed by atoms with Gasteiger partial charge in [-0.1, -0.05) is 0 Å². The highest BCUT2D eigenvalue weighted by molar-refractivity contribution is 5.90. The summed E-state index contributed by atoms with van der Waals surface area (Å²) in [6.07, 6.45) is 0.280. The first-order valence-electron chi connectivity index (χ1n) is 6.92. The summed E-state index contributed by atoms with van der Waals surface area (Å²) in [6.45, 7) is 4.73. The van der Waals surface area contributed by atoms with Crippen molar-refractivity contribution in [3.8, 4) is 5.75 Å². The van der Waals surface area contributed by atoms with Gasteiger partial charge in [-0.25, -0.2) is 4.79 Å². The van der Waals surface area contributed by atoms with Crippen molar-refractivity contribution in [2.45, 2.75) is 20.3 Å². The summed E-state index contributed by atoms with van der Waals surface area (Å²) < 4.78 is 5.39. The van der Waals surface area contributed by atoms with Crippen LogP contribution < -0.4 is 15.4 Å². The third-order valence-corrected chi connectivity index (χ3v) is 2.88. The molecule has 6 heteroatoms. The van der Waals surface area contributed by atoms with Crippen LogP contribution in [-0.2, 0) is 4.79 Å². The van der Waals surface area contributed by atoms with E-state index in [1.54, 1.807) is 20.2 Å². The number of nitrogens with one attached hydrogen (secondary N) is 2. The van der Waals surface area contributed by atoms with Crippen LogP contribution in [0.3, 0.4) is 0 Å². The van der Waals surface area contributed by atoms with Crippen molar-refractivity contribution in [1.82, 2.24) is 10.2 Å². The van der Waals surface area contributed by atoms with E-state index in [-0.39, 0.29) is 18.4 Å². The van der Waals surface area contributed by atoms with Crippen LogP contribution in [0.4, 0.5) is 10.5 Å². The SMILES string of the molecule is CCOc1ccc(NC(=O)NCCC(=O)N(C)C)c(C)c1. The molecule has 0 unspecified atom stereocenters. The van der Waals surface area contributed by atoms with Gasteiger partial charge in [0.15, 0.2) is 0 Å². The standard InChI is InChI=1S/C15H23N3O3/c1-5-21-12-6-7-13(11(2)10-12)17-15(20)16-9-8-14(19)18(3)4/h6-7,10H,5,8-9H2,1-4H3,(H2,16,17,20). The molecule has 1 aromatic rings. The number of rotatable bonds is 6. The lowest BCUT2D eigenvalue weighted by atomic mass is 10.2. The van der Waals surface area contributed by atoms with Crippen LogP contribution in [0.25, 0.3) is 0 Å². The van der Waals surface area contributed by atoms with Gasteiger partial charge in [0.2, 0.25) is 5.91 Å². The van der Waals surface area contributed by atoms with Crippen molar-refractivity contribution in [2.24, 2.45) is 0 Å². The van der Waals surface area contributed by atoms with Gasteiger partial charge < -0.3 is 20.3 Å². The summed E-state index contributed by atoms with van der Waals surface area (Å²) in [5.41, 5.74) is 1.63. The van der Waals surface area contributed by atoms with Gasteiger partial charge in [-0.2, -0.15) is 0 Å². The Labute approximate surface area is 125 Å². The Morgan fingerprint density at radius 2 is 2.00 bits per heavy atom. The van der Waals surface area contributed by atoms with Gasteiger partial charge in [-0.15, -0.1) is 0 Å². The first kappa shape index (κ1) is 16.8. The molecule has 0 saturated carbocycles. The number of hydrogen-bond donors (Lipinski definition) is 2. The predicted octanol–water partition coefficient (Wildman–Crippen LogP) is 1.99. The fourth-order valence-corrected chi connectivity index (χ4v) is 1.71. The molecule has 3 amide bonds. The zero-order valence-electron chi connectivity index (χ0n) is 13.0. The molecule has 21 heavy (non-hydrogen) atoms. The summed E-state index contributed by atoms with van der Waals surface area (Å²) in [7, 11) is 3.37. The number of ether oxygens (including phenoxy) is 1. The van der Waals surface area contributed by atoms with Crippen molar-refractivity contribution in [1.29, 1.82) is 0 Å². The van der Waals surface area contributed by atoms with Gasteiger partial charge >= 0.3 is 6.03 Å². The molecule has 0 spiro atoms. The summed E-state index contributed by atoms with van der Waals surface area (Å²) in [5, 5.41) is 5.41. The van der Waals surface area contributed by atoms with Gasteiger partial charge in [0.1, 0.15) is 5.75 Å². The molecule has 0 aliphatic rings. The molecule has 6 nitrogen and oxygen atoms in total. The van der Waals surface area contributed by atoms with Crippen LogP contribution in [0, 0.1) is 6.92 Å².